The average molecular weight is 569 g/mol. The lowest BCUT2D eigenvalue weighted by Gasteiger charge is -2.38. The number of nitrogens with one attached hydrogen (secondary N) is 1. The maximum absolute atomic E-state index is 13.8. The quantitative estimate of drug-likeness (QED) is 0.393. The summed E-state index contributed by atoms with van der Waals surface area (Å²) in [6.07, 6.45) is 3.87. The summed E-state index contributed by atoms with van der Waals surface area (Å²) in [5.74, 6) is 0.320. The summed E-state index contributed by atoms with van der Waals surface area (Å²) >= 11 is 0. The molecule has 220 valence electrons. The molecule has 0 aromatic heterocycles. The second-order valence-corrected chi connectivity index (χ2v) is 11.0. The molecular formula is C34H40N4O4. The van der Waals surface area contributed by atoms with Crippen molar-refractivity contribution in [3.8, 4) is 5.75 Å². The molecule has 42 heavy (non-hydrogen) atoms. The Hall–Kier alpha value is -4.33. The first-order valence-corrected chi connectivity index (χ1v) is 15.0. The summed E-state index contributed by atoms with van der Waals surface area (Å²) in [5, 5.41) is 2.96. The summed E-state index contributed by atoms with van der Waals surface area (Å²) in [7, 11) is 1.56. The third-order valence-corrected chi connectivity index (χ3v) is 8.30. The summed E-state index contributed by atoms with van der Waals surface area (Å²) in [6, 6.07) is 22.5. The number of methoxy groups -OCH3 is 1. The van der Waals surface area contributed by atoms with E-state index in [0.29, 0.717) is 48.7 Å². The molecular weight excluding hydrogens is 528 g/mol. The highest BCUT2D eigenvalue weighted by Gasteiger charge is 2.30. The van der Waals surface area contributed by atoms with Crippen molar-refractivity contribution in [2.45, 2.75) is 38.5 Å². The Morgan fingerprint density at radius 1 is 0.810 bits per heavy atom. The molecule has 0 spiro atoms. The maximum Gasteiger partial charge on any atom is 0.256 e. The van der Waals surface area contributed by atoms with Crippen molar-refractivity contribution >= 4 is 29.1 Å². The van der Waals surface area contributed by atoms with Crippen LogP contribution in [0.1, 0.15) is 64.8 Å². The van der Waals surface area contributed by atoms with Crippen molar-refractivity contribution in [3.05, 3.63) is 89.5 Å². The zero-order chi connectivity index (χ0) is 29.5. The number of anilines is 2. The smallest absolute Gasteiger partial charge is 0.256 e. The molecule has 8 heteroatoms. The molecule has 2 fully saturated rings. The van der Waals surface area contributed by atoms with Crippen molar-refractivity contribution in [1.82, 2.24) is 9.80 Å². The van der Waals surface area contributed by atoms with Crippen LogP contribution in [0.3, 0.4) is 0 Å². The van der Waals surface area contributed by atoms with E-state index in [0.717, 1.165) is 50.0 Å². The van der Waals surface area contributed by atoms with Gasteiger partial charge in [-0.15, -0.1) is 0 Å². The fraction of sp³-hybridized carbons (Fsp3) is 0.382. The molecule has 0 aliphatic carbocycles. The summed E-state index contributed by atoms with van der Waals surface area (Å²) < 4.78 is 5.26. The monoisotopic (exact) mass is 568 g/mol. The molecule has 0 unspecified atom stereocenters. The Morgan fingerprint density at radius 2 is 1.55 bits per heavy atom. The van der Waals surface area contributed by atoms with Gasteiger partial charge in [0.1, 0.15) is 5.75 Å². The molecule has 3 aromatic carbocycles. The second-order valence-electron chi connectivity index (χ2n) is 11.0. The molecule has 2 heterocycles. The number of rotatable bonds is 8. The number of nitrogens with zero attached hydrogens (tertiary/aromatic N) is 3. The van der Waals surface area contributed by atoms with Crippen LogP contribution < -0.4 is 15.0 Å². The van der Waals surface area contributed by atoms with Gasteiger partial charge in [-0.25, -0.2) is 0 Å². The summed E-state index contributed by atoms with van der Waals surface area (Å²) in [4.78, 5) is 46.4. The highest BCUT2D eigenvalue weighted by molar-refractivity contribution is 6.06. The molecule has 1 atom stereocenters. The van der Waals surface area contributed by atoms with Crippen LogP contribution in [0.2, 0.25) is 0 Å². The molecule has 2 saturated heterocycles. The van der Waals surface area contributed by atoms with Gasteiger partial charge in [-0.1, -0.05) is 43.3 Å². The number of hydrogen-bond donors (Lipinski definition) is 1. The van der Waals surface area contributed by atoms with Crippen LogP contribution in [0.25, 0.3) is 0 Å². The van der Waals surface area contributed by atoms with Crippen LogP contribution in [0.15, 0.2) is 72.8 Å². The topological polar surface area (TPSA) is 82.2 Å². The lowest BCUT2D eigenvalue weighted by Crippen LogP contribution is -2.50. The predicted molar refractivity (Wildman–Crippen MR) is 165 cm³/mol. The number of piperidine rings is 1. The zero-order valence-corrected chi connectivity index (χ0v) is 24.6. The highest BCUT2D eigenvalue weighted by Crippen LogP contribution is 2.30. The molecule has 8 nitrogen and oxygen atoms in total. The Balaban J connectivity index is 1.34. The van der Waals surface area contributed by atoms with Crippen molar-refractivity contribution in [2.75, 3.05) is 56.6 Å². The van der Waals surface area contributed by atoms with Gasteiger partial charge < -0.3 is 24.8 Å². The van der Waals surface area contributed by atoms with Crippen LogP contribution >= 0.6 is 0 Å². The SMILES string of the molecule is CC[C@@H](C(=O)N1CCN(c2ccc(NC(=O)c3cccc(OC)c3)cc2C(=O)N2CCCCC2)CC1)c1ccccc1. The van der Waals surface area contributed by atoms with E-state index >= 15 is 0 Å². The molecule has 0 saturated carbocycles. The number of likely N-dealkylation sites (tertiary alicyclic amines) is 1. The Kier molecular flexibility index (Phi) is 9.41. The molecule has 0 bridgehead atoms. The number of carbonyl (C=O) groups excluding carboxylic acids is 3. The third kappa shape index (κ3) is 6.59. The Labute approximate surface area is 248 Å². The van der Waals surface area contributed by atoms with Crippen LogP contribution in [0.4, 0.5) is 11.4 Å². The zero-order valence-electron chi connectivity index (χ0n) is 24.6. The van der Waals surface area contributed by atoms with Crippen molar-refractivity contribution in [1.29, 1.82) is 0 Å². The van der Waals surface area contributed by atoms with Gasteiger partial charge in [0.2, 0.25) is 5.91 Å². The third-order valence-electron chi connectivity index (χ3n) is 8.30. The molecule has 2 aliphatic heterocycles. The number of hydrogen-bond acceptors (Lipinski definition) is 5. The van der Waals surface area contributed by atoms with Gasteiger partial charge in [0, 0.05) is 56.2 Å². The van der Waals surface area contributed by atoms with E-state index in [1.165, 1.54) is 0 Å². The first-order chi connectivity index (χ1) is 20.5. The van der Waals surface area contributed by atoms with Crippen LogP contribution in [-0.2, 0) is 4.79 Å². The van der Waals surface area contributed by atoms with E-state index in [-0.39, 0.29) is 23.6 Å². The van der Waals surface area contributed by atoms with Gasteiger partial charge in [0.15, 0.2) is 0 Å². The number of ether oxygens (including phenoxy) is 1. The highest BCUT2D eigenvalue weighted by atomic mass is 16.5. The molecule has 5 rings (SSSR count). The van der Waals surface area contributed by atoms with E-state index in [2.05, 4.69) is 17.1 Å². The lowest BCUT2D eigenvalue weighted by molar-refractivity contribution is -0.133. The normalized spacial score (nSPS) is 16.1. The molecule has 3 aromatic rings. The van der Waals surface area contributed by atoms with E-state index < -0.39 is 0 Å². The van der Waals surface area contributed by atoms with E-state index in [1.807, 2.05) is 52.3 Å². The largest absolute Gasteiger partial charge is 0.497 e. The number of piperazine rings is 1. The van der Waals surface area contributed by atoms with Gasteiger partial charge in [-0.05, 0) is 67.6 Å². The lowest BCUT2D eigenvalue weighted by atomic mass is 9.94. The summed E-state index contributed by atoms with van der Waals surface area (Å²) in [5.41, 5.74) is 3.51. The van der Waals surface area contributed by atoms with Crippen molar-refractivity contribution in [2.24, 2.45) is 0 Å². The fourth-order valence-corrected chi connectivity index (χ4v) is 5.92. The van der Waals surface area contributed by atoms with Crippen molar-refractivity contribution < 1.29 is 19.1 Å². The van der Waals surface area contributed by atoms with E-state index in [4.69, 9.17) is 4.74 Å². The minimum atomic E-state index is -0.269. The van der Waals surface area contributed by atoms with Gasteiger partial charge in [0.25, 0.3) is 11.8 Å². The minimum Gasteiger partial charge on any atom is -0.497 e. The standard InChI is InChI=1S/C34H40N4O4/c1-3-29(25-11-6-4-7-12-25)33(40)38-21-19-36(20-22-38)31-16-15-27(24-30(31)34(41)37-17-8-5-9-18-37)35-32(39)26-13-10-14-28(23-26)42-2/h4,6-7,10-16,23-24,29H,3,5,8-9,17-22H2,1-2H3,(H,35,39)/t29-/m1/s1. The first-order valence-electron chi connectivity index (χ1n) is 15.0. The summed E-state index contributed by atoms with van der Waals surface area (Å²) in [6.45, 7) is 5.97. The maximum atomic E-state index is 13.8. The fourth-order valence-electron chi connectivity index (χ4n) is 5.92. The van der Waals surface area contributed by atoms with Crippen molar-refractivity contribution in [3.63, 3.8) is 0 Å². The van der Waals surface area contributed by atoms with Gasteiger partial charge >= 0.3 is 0 Å². The van der Waals surface area contributed by atoms with Crippen LogP contribution in [0.5, 0.6) is 5.75 Å². The van der Waals surface area contributed by atoms with Gasteiger partial charge in [-0.2, -0.15) is 0 Å². The molecule has 3 amide bonds. The van der Waals surface area contributed by atoms with Gasteiger partial charge in [-0.3, -0.25) is 14.4 Å². The molecule has 1 N–H and O–H groups in total. The number of benzene rings is 3. The predicted octanol–water partition coefficient (Wildman–Crippen LogP) is 5.42. The number of carbonyl (C=O) groups is 3. The van der Waals surface area contributed by atoms with Crippen LogP contribution in [-0.4, -0.2) is 73.9 Å². The first kappa shape index (κ1) is 29.2. The second kappa shape index (κ2) is 13.6. The van der Waals surface area contributed by atoms with E-state index in [1.54, 1.807) is 37.4 Å². The Morgan fingerprint density at radius 3 is 2.24 bits per heavy atom. The molecule has 0 radical (unpaired) electrons. The van der Waals surface area contributed by atoms with Crippen LogP contribution in [0, 0.1) is 0 Å². The number of amides is 3. The molecule has 2 aliphatic rings. The Bertz CT molecular complexity index is 1400. The van der Waals surface area contributed by atoms with E-state index in [9.17, 15) is 14.4 Å². The minimum absolute atomic E-state index is 0.0178. The average Bonchev–Trinajstić information content (AvgIpc) is 3.05. The van der Waals surface area contributed by atoms with Gasteiger partial charge in [0.05, 0.1) is 18.6 Å².